The van der Waals surface area contributed by atoms with E-state index in [2.05, 4.69) is 15.3 Å². The van der Waals surface area contributed by atoms with Crippen LogP contribution in [-0.4, -0.2) is 46.2 Å². The maximum absolute atomic E-state index is 14.2. The topological polar surface area (TPSA) is 103 Å². The van der Waals surface area contributed by atoms with E-state index in [4.69, 9.17) is 15.2 Å². The van der Waals surface area contributed by atoms with Crippen LogP contribution < -0.4 is 15.8 Å². The average Bonchev–Trinajstić information content (AvgIpc) is 2.87. The molecule has 1 amide bonds. The van der Waals surface area contributed by atoms with Crippen molar-refractivity contribution in [1.82, 2.24) is 14.9 Å². The lowest BCUT2D eigenvalue weighted by atomic mass is 9.96. The van der Waals surface area contributed by atoms with Crippen molar-refractivity contribution < 1.29 is 27.4 Å². The number of halogens is 3. The van der Waals surface area contributed by atoms with Gasteiger partial charge in [-0.05, 0) is 69.9 Å². The van der Waals surface area contributed by atoms with E-state index >= 15 is 0 Å². The second-order valence-corrected chi connectivity index (χ2v) is 10.4. The maximum atomic E-state index is 14.2. The van der Waals surface area contributed by atoms with E-state index in [0.29, 0.717) is 38.2 Å². The number of para-hydroxylation sites is 1. The SMILES string of the molecule is CC(C)(C)OC(=O)N1CCC(CNc2ncnc(N)c2-c2ccc(Oc3ccccc3)cc2C(F)(F)F)CC1. The van der Waals surface area contributed by atoms with Crippen LogP contribution in [0.5, 0.6) is 11.5 Å². The summed E-state index contributed by atoms with van der Waals surface area (Å²) in [6, 6.07) is 12.3. The van der Waals surface area contributed by atoms with Gasteiger partial charge in [-0.15, -0.1) is 0 Å². The number of benzene rings is 2. The molecule has 0 bridgehead atoms. The van der Waals surface area contributed by atoms with Gasteiger partial charge in [-0.1, -0.05) is 18.2 Å². The number of nitrogens with zero attached hydrogens (tertiary/aromatic N) is 3. The number of nitrogens with two attached hydrogens (primary N) is 1. The minimum atomic E-state index is -4.68. The molecule has 11 heteroatoms. The number of nitrogens with one attached hydrogen (secondary N) is 1. The molecule has 1 fully saturated rings. The van der Waals surface area contributed by atoms with Crippen LogP contribution in [0.4, 0.5) is 29.6 Å². The Labute approximate surface area is 225 Å². The molecule has 0 unspecified atom stereocenters. The van der Waals surface area contributed by atoms with Gasteiger partial charge in [-0.25, -0.2) is 14.8 Å². The Kier molecular flexibility index (Phi) is 8.17. The summed E-state index contributed by atoms with van der Waals surface area (Å²) in [4.78, 5) is 22.2. The predicted molar refractivity (Wildman–Crippen MR) is 142 cm³/mol. The Hall–Kier alpha value is -4.02. The standard InChI is InChI=1S/C28H32F3N5O3/c1-27(2,3)39-26(37)36-13-11-18(12-14-36)16-33-25-23(24(32)34-17-35-25)21-10-9-20(15-22(21)28(29,30)31)38-19-7-5-4-6-8-19/h4-10,15,17-18H,11-14,16H2,1-3H3,(H3,32,33,34,35). The number of carbonyl (C=O) groups excluding carboxylic acids is 1. The highest BCUT2D eigenvalue weighted by molar-refractivity contribution is 5.86. The minimum absolute atomic E-state index is 0.0407. The van der Waals surface area contributed by atoms with E-state index in [1.54, 1.807) is 35.2 Å². The highest BCUT2D eigenvalue weighted by Crippen LogP contribution is 2.43. The van der Waals surface area contributed by atoms with E-state index in [1.165, 1.54) is 18.5 Å². The Morgan fingerprint density at radius 3 is 2.38 bits per heavy atom. The van der Waals surface area contributed by atoms with Crippen molar-refractivity contribution in [2.45, 2.75) is 45.4 Å². The van der Waals surface area contributed by atoms with E-state index in [0.717, 1.165) is 6.07 Å². The van der Waals surface area contributed by atoms with E-state index in [1.807, 2.05) is 20.8 Å². The van der Waals surface area contributed by atoms with Gasteiger partial charge in [0, 0.05) is 25.2 Å². The third-order valence-corrected chi connectivity index (χ3v) is 6.25. The fraction of sp³-hybridized carbons (Fsp3) is 0.393. The van der Waals surface area contributed by atoms with Crippen molar-refractivity contribution in [3.63, 3.8) is 0 Å². The Morgan fingerprint density at radius 2 is 1.74 bits per heavy atom. The Bertz CT molecular complexity index is 1290. The lowest BCUT2D eigenvalue weighted by Crippen LogP contribution is -2.42. The molecule has 0 aliphatic carbocycles. The van der Waals surface area contributed by atoms with Crippen molar-refractivity contribution in [3.05, 3.63) is 60.4 Å². The predicted octanol–water partition coefficient (Wildman–Crippen LogP) is 6.60. The summed E-state index contributed by atoms with van der Waals surface area (Å²) in [6.45, 7) is 6.96. The zero-order chi connectivity index (χ0) is 28.2. The first-order valence-corrected chi connectivity index (χ1v) is 12.7. The van der Waals surface area contributed by atoms with Gasteiger partial charge in [-0.2, -0.15) is 13.2 Å². The number of carbonyl (C=O) groups is 1. The molecule has 1 aromatic heterocycles. The van der Waals surface area contributed by atoms with Crippen LogP contribution >= 0.6 is 0 Å². The van der Waals surface area contributed by atoms with Crippen LogP contribution in [0.3, 0.4) is 0 Å². The normalized spacial score (nSPS) is 14.7. The quantitative estimate of drug-likeness (QED) is 0.361. The second kappa shape index (κ2) is 11.4. The number of amides is 1. The molecular weight excluding hydrogens is 511 g/mol. The average molecular weight is 544 g/mol. The molecule has 0 atom stereocenters. The van der Waals surface area contributed by atoms with Crippen molar-refractivity contribution >= 4 is 17.7 Å². The molecule has 0 saturated carbocycles. The van der Waals surface area contributed by atoms with Gasteiger partial charge in [0.2, 0.25) is 0 Å². The summed E-state index contributed by atoms with van der Waals surface area (Å²) >= 11 is 0. The van der Waals surface area contributed by atoms with E-state index in [9.17, 15) is 18.0 Å². The molecule has 0 spiro atoms. The monoisotopic (exact) mass is 543 g/mol. The molecule has 2 heterocycles. The zero-order valence-corrected chi connectivity index (χ0v) is 22.1. The number of rotatable bonds is 6. The molecular formula is C28H32F3N5O3. The van der Waals surface area contributed by atoms with Gasteiger partial charge in [-0.3, -0.25) is 0 Å². The summed E-state index contributed by atoms with van der Waals surface area (Å²) in [5.74, 6) is 0.769. The molecule has 39 heavy (non-hydrogen) atoms. The number of aromatic nitrogens is 2. The second-order valence-electron chi connectivity index (χ2n) is 10.4. The Morgan fingerprint density at radius 1 is 1.05 bits per heavy atom. The van der Waals surface area contributed by atoms with Gasteiger partial charge in [0.15, 0.2) is 0 Å². The molecule has 1 saturated heterocycles. The number of hydrogen-bond donors (Lipinski definition) is 2. The van der Waals surface area contributed by atoms with Gasteiger partial charge < -0.3 is 25.4 Å². The number of hydrogen-bond acceptors (Lipinski definition) is 7. The van der Waals surface area contributed by atoms with Gasteiger partial charge in [0.25, 0.3) is 0 Å². The molecule has 3 aromatic rings. The lowest BCUT2D eigenvalue weighted by molar-refractivity contribution is -0.137. The van der Waals surface area contributed by atoms with E-state index < -0.39 is 17.3 Å². The molecule has 8 nitrogen and oxygen atoms in total. The summed E-state index contributed by atoms with van der Waals surface area (Å²) in [5, 5.41) is 3.17. The summed E-state index contributed by atoms with van der Waals surface area (Å²) in [7, 11) is 0. The number of anilines is 2. The fourth-order valence-electron chi connectivity index (χ4n) is 4.35. The summed E-state index contributed by atoms with van der Waals surface area (Å²) < 4.78 is 53.7. The largest absolute Gasteiger partial charge is 0.457 e. The van der Waals surface area contributed by atoms with Crippen molar-refractivity contribution in [2.75, 3.05) is 30.7 Å². The summed E-state index contributed by atoms with van der Waals surface area (Å²) in [5.41, 5.74) is 4.53. The number of alkyl halides is 3. The number of nitrogen functional groups attached to an aromatic ring is 1. The van der Waals surface area contributed by atoms with Crippen LogP contribution in [0.1, 0.15) is 39.2 Å². The smallest absolute Gasteiger partial charge is 0.417 e. The van der Waals surface area contributed by atoms with Crippen LogP contribution in [0, 0.1) is 5.92 Å². The highest BCUT2D eigenvalue weighted by atomic mass is 19.4. The number of likely N-dealkylation sites (tertiary alicyclic amines) is 1. The van der Waals surface area contributed by atoms with Crippen molar-refractivity contribution in [1.29, 1.82) is 0 Å². The van der Waals surface area contributed by atoms with Gasteiger partial charge in [0.05, 0.1) is 11.1 Å². The molecule has 1 aliphatic heterocycles. The zero-order valence-electron chi connectivity index (χ0n) is 22.1. The minimum Gasteiger partial charge on any atom is -0.457 e. The van der Waals surface area contributed by atoms with Crippen LogP contribution in [0.2, 0.25) is 0 Å². The summed E-state index contributed by atoms with van der Waals surface area (Å²) in [6.07, 6.45) is -2.39. The molecule has 3 N–H and O–H groups in total. The lowest BCUT2D eigenvalue weighted by Gasteiger charge is -2.33. The first-order chi connectivity index (χ1) is 18.4. The molecule has 4 rings (SSSR count). The van der Waals surface area contributed by atoms with Gasteiger partial charge >= 0.3 is 12.3 Å². The molecule has 208 valence electrons. The third kappa shape index (κ3) is 7.30. The molecule has 1 aliphatic rings. The van der Waals surface area contributed by atoms with Gasteiger partial charge in [0.1, 0.15) is 35.1 Å². The Balaban J connectivity index is 1.51. The van der Waals surface area contributed by atoms with Crippen LogP contribution in [-0.2, 0) is 10.9 Å². The highest BCUT2D eigenvalue weighted by Gasteiger charge is 2.36. The molecule has 0 radical (unpaired) electrons. The van der Waals surface area contributed by atoms with Crippen LogP contribution in [0.15, 0.2) is 54.9 Å². The number of ether oxygens (including phenoxy) is 2. The first kappa shape index (κ1) is 28.0. The van der Waals surface area contributed by atoms with Crippen molar-refractivity contribution in [2.24, 2.45) is 5.92 Å². The van der Waals surface area contributed by atoms with Crippen LogP contribution in [0.25, 0.3) is 11.1 Å². The third-order valence-electron chi connectivity index (χ3n) is 6.25. The number of piperidine rings is 1. The molecule has 2 aromatic carbocycles. The first-order valence-electron chi connectivity index (χ1n) is 12.7. The van der Waals surface area contributed by atoms with Crippen molar-refractivity contribution in [3.8, 4) is 22.6 Å². The fourth-order valence-corrected chi connectivity index (χ4v) is 4.35. The maximum Gasteiger partial charge on any atom is 0.417 e. The van der Waals surface area contributed by atoms with E-state index in [-0.39, 0.29) is 40.5 Å².